The lowest BCUT2D eigenvalue weighted by Crippen LogP contribution is -2.11. The van der Waals surface area contributed by atoms with Crippen LogP contribution in [0.25, 0.3) is 0 Å². The zero-order valence-corrected chi connectivity index (χ0v) is 9.96. The predicted molar refractivity (Wildman–Crippen MR) is 67.1 cm³/mol. The highest BCUT2D eigenvalue weighted by Crippen LogP contribution is 2.30. The van der Waals surface area contributed by atoms with E-state index in [1.54, 1.807) is 0 Å². The van der Waals surface area contributed by atoms with Gasteiger partial charge in [0.25, 0.3) is 0 Å². The molecule has 0 aliphatic rings. The Balaban J connectivity index is 2.61. The first-order chi connectivity index (χ1) is 7.29. The van der Waals surface area contributed by atoms with Crippen molar-refractivity contribution in [2.24, 2.45) is 5.73 Å². The molecule has 0 fully saturated rings. The third-order valence-electron chi connectivity index (χ3n) is 2.37. The van der Waals surface area contributed by atoms with Gasteiger partial charge in [-0.25, -0.2) is 0 Å². The molecule has 1 aromatic carbocycles. The molecule has 1 atom stereocenters. The van der Waals surface area contributed by atoms with Crippen molar-refractivity contribution < 1.29 is 5.11 Å². The van der Waals surface area contributed by atoms with E-state index < -0.39 is 0 Å². The number of aliphatic hydroxyl groups is 1. The summed E-state index contributed by atoms with van der Waals surface area (Å²) in [6.45, 7) is 3.03. The summed E-state index contributed by atoms with van der Waals surface area (Å²) >= 11 is 1.83. The molecule has 0 aromatic heterocycles. The van der Waals surface area contributed by atoms with E-state index in [4.69, 9.17) is 10.8 Å². The third-order valence-corrected chi connectivity index (χ3v) is 3.74. The van der Waals surface area contributed by atoms with Crippen molar-refractivity contribution in [1.82, 2.24) is 0 Å². The van der Waals surface area contributed by atoms with Crippen LogP contribution in [0.4, 0.5) is 0 Å². The van der Waals surface area contributed by atoms with Crippen LogP contribution in [0.3, 0.4) is 0 Å². The van der Waals surface area contributed by atoms with Crippen molar-refractivity contribution in [2.75, 3.05) is 18.9 Å². The van der Waals surface area contributed by atoms with E-state index in [0.29, 0.717) is 11.8 Å². The predicted octanol–water partition coefficient (Wildman–Crippen LogP) is 2.11. The molecule has 1 aromatic rings. The summed E-state index contributed by atoms with van der Waals surface area (Å²) in [6, 6.07) is 8.35. The Morgan fingerprint density at radius 3 is 2.73 bits per heavy atom. The van der Waals surface area contributed by atoms with Crippen LogP contribution in [0.15, 0.2) is 24.3 Å². The van der Waals surface area contributed by atoms with Crippen LogP contribution < -0.4 is 5.73 Å². The van der Waals surface area contributed by atoms with E-state index in [1.165, 1.54) is 11.1 Å². The van der Waals surface area contributed by atoms with Crippen molar-refractivity contribution in [3.8, 4) is 0 Å². The van der Waals surface area contributed by atoms with Gasteiger partial charge in [-0.3, -0.25) is 0 Å². The van der Waals surface area contributed by atoms with Gasteiger partial charge in [-0.1, -0.05) is 24.3 Å². The van der Waals surface area contributed by atoms with Gasteiger partial charge in [0.1, 0.15) is 0 Å². The molecule has 15 heavy (non-hydrogen) atoms. The zero-order valence-electron chi connectivity index (χ0n) is 9.15. The van der Waals surface area contributed by atoms with E-state index in [1.807, 2.05) is 17.8 Å². The van der Waals surface area contributed by atoms with E-state index >= 15 is 0 Å². The molecule has 1 rings (SSSR count). The SMILES string of the molecule is Cc1ccccc1C(CN)SCCCO. The number of benzene rings is 1. The maximum absolute atomic E-state index is 8.73. The zero-order chi connectivity index (χ0) is 11.1. The highest BCUT2D eigenvalue weighted by atomic mass is 32.2. The normalized spacial score (nSPS) is 12.7. The second kappa shape index (κ2) is 6.88. The first kappa shape index (κ1) is 12.6. The lowest BCUT2D eigenvalue weighted by Gasteiger charge is -2.16. The summed E-state index contributed by atoms with van der Waals surface area (Å²) in [5.41, 5.74) is 8.39. The molecule has 0 aliphatic carbocycles. The summed E-state index contributed by atoms with van der Waals surface area (Å²) in [5, 5.41) is 9.09. The molecule has 1 unspecified atom stereocenters. The van der Waals surface area contributed by atoms with Crippen molar-refractivity contribution >= 4 is 11.8 Å². The Morgan fingerprint density at radius 2 is 2.13 bits per heavy atom. The third kappa shape index (κ3) is 3.86. The van der Waals surface area contributed by atoms with Crippen LogP contribution in [-0.2, 0) is 0 Å². The maximum atomic E-state index is 8.73. The molecule has 0 amide bonds. The highest BCUT2D eigenvalue weighted by Gasteiger charge is 2.11. The van der Waals surface area contributed by atoms with Gasteiger partial charge < -0.3 is 10.8 Å². The smallest absolute Gasteiger partial charge is 0.0438 e. The molecule has 0 heterocycles. The number of hydrogen-bond donors (Lipinski definition) is 2. The average Bonchev–Trinajstić information content (AvgIpc) is 2.26. The summed E-state index contributed by atoms with van der Waals surface area (Å²) in [5.74, 6) is 0.965. The minimum absolute atomic E-state index is 0.262. The van der Waals surface area contributed by atoms with Gasteiger partial charge in [-0.2, -0.15) is 11.8 Å². The molecule has 0 saturated carbocycles. The standard InChI is InChI=1S/C12H19NOS/c1-10-5-2-3-6-11(10)12(9-13)15-8-4-7-14/h2-3,5-6,12,14H,4,7-9,13H2,1H3. The Hall–Kier alpha value is -0.510. The molecule has 0 spiro atoms. The van der Waals surface area contributed by atoms with Crippen molar-refractivity contribution in [2.45, 2.75) is 18.6 Å². The van der Waals surface area contributed by atoms with Crippen LogP contribution in [0.2, 0.25) is 0 Å². The van der Waals surface area contributed by atoms with E-state index in [9.17, 15) is 0 Å². The number of hydrogen-bond acceptors (Lipinski definition) is 3. The molecule has 3 N–H and O–H groups in total. The van der Waals surface area contributed by atoms with Crippen LogP contribution in [-0.4, -0.2) is 24.0 Å². The molecule has 0 saturated heterocycles. The van der Waals surface area contributed by atoms with Gasteiger partial charge in [0.05, 0.1) is 0 Å². The Morgan fingerprint density at radius 1 is 1.40 bits per heavy atom. The summed E-state index contributed by atoms with van der Waals surface area (Å²) in [4.78, 5) is 0. The van der Waals surface area contributed by atoms with E-state index in [0.717, 1.165) is 12.2 Å². The number of thioether (sulfide) groups is 1. The van der Waals surface area contributed by atoms with Gasteiger partial charge >= 0.3 is 0 Å². The van der Waals surface area contributed by atoms with E-state index in [-0.39, 0.29) is 6.61 Å². The van der Waals surface area contributed by atoms with Gasteiger partial charge in [0.15, 0.2) is 0 Å². The fraction of sp³-hybridized carbons (Fsp3) is 0.500. The van der Waals surface area contributed by atoms with Crippen molar-refractivity contribution in [1.29, 1.82) is 0 Å². The molecule has 0 radical (unpaired) electrons. The second-order valence-corrected chi connectivity index (χ2v) is 4.84. The van der Waals surface area contributed by atoms with Crippen molar-refractivity contribution in [3.63, 3.8) is 0 Å². The largest absolute Gasteiger partial charge is 0.396 e. The minimum atomic E-state index is 0.262. The quantitative estimate of drug-likeness (QED) is 0.729. The van der Waals surface area contributed by atoms with Crippen molar-refractivity contribution in [3.05, 3.63) is 35.4 Å². The monoisotopic (exact) mass is 225 g/mol. The first-order valence-electron chi connectivity index (χ1n) is 5.27. The number of nitrogens with two attached hydrogens (primary N) is 1. The molecule has 2 nitrogen and oxygen atoms in total. The second-order valence-electron chi connectivity index (χ2n) is 3.53. The van der Waals surface area contributed by atoms with E-state index in [2.05, 4.69) is 25.1 Å². The molecular formula is C12H19NOS. The van der Waals surface area contributed by atoms with Gasteiger partial charge in [-0.05, 0) is 30.2 Å². The summed E-state index contributed by atoms with van der Waals surface area (Å²) in [6.07, 6.45) is 0.840. The first-order valence-corrected chi connectivity index (χ1v) is 6.32. The molecule has 3 heteroatoms. The molecular weight excluding hydrogens is 206 g/mol. The Kier molecular flexibility index (Phi) is 5.76. The lowest BCUT2D eigenvalue weighted by atomic mass is 10.1. The fourth-order valence-electron chi connectivity index (χ4n) is 1.52. The molecule has 0 bridgehead atoms. The van der Waals surface area contributed by atoms with Crippen LogP contribution in [0, 0.1) is 6.92 Å². The topological polar surface area (TPSA) is 46.2 Å². The van der Waals surface area contributed by atoms with Gasteiger partial charge in [0, 0.05) is 18.4 Å². The number of aryl methyl sites for hydroxylation is 1. The number of aliphatic hydroxyl groups excluding tert-OH is 1. The average molecular weight is 225 g/mol. The highest BCUT2D eigenvalue weighted by molar-refractivity contribution is 7.99. The summed E-state index contributed by atoms with van der Waals surface area (Å²) < 4.78 is 0. The van der Waals surface area contributed by atoms with Crippen LogP contribution in [0.1, 0.15) is 22.8 Å². The van der Waals surface area contributed by atoms with Crippen LogP contribution >= 0.6 is 11.8 Å². The Bertz CT molecular complexity index is 291. The maximum Gasteiger partial charge on any atom is 0.0438 e. The Labute approximate surface area is 95.9 Å². The molecule has 84 valence electrons. The number of rotatable bonds is 6. The van der Waals surface area contributed by atoms with Gasteiger partial charge in [-0.15, -0.1) is 0 Å². The van der Waals surface area contributed by atoms with Gasteiger partial charge in [0.2, 0.25) is 0 Å². The van der Waals surface area contributed by atoms with Crippen LogP contribution in [0.5, 0.6) is 0 Å². The molecule has 0 aliphatic heterocycles. The summed E-state index contributed by atoms with van der Waals surface area (Å²) in [7, 11) is 0. The minimum Gasteiger partial charge on any atom is -0.396 e. The lowest BCUT2D eigenvalue weighted by molar-refractivity contribution is 0.296. The fourth-order valence-corrected chi connectivity index (χ4v) is 2.68.